The van der Waals surface area contributed by atoms with Crippen molar-refractivity contribution in [3.63, 3.8) is 0 Å². The van der Waals surface area contributed by atoms with Crippen LogP contribution in [0.15, 0.2) is 249 Å². The maximum Gasteiger partial charge on any atom is 0.164 e. The van der Waals surface area contributed by atoms with Gasteiger partial charge in [0.2, 0.25) is 0 Å². The number of nitrogens with zero attached hydrogens (tertiary/aromatic N) is 3. The first-order valence-electron chi connectivity index (χ1n) is 22.4. The van der Waals surface area contributed by atoms with Crippen LogP contribution in [0.4, 0.5) is 0 Å². The molecule has 1 heterocycles. The highest BCUT2D eigenvalue weighted by molar-refractivity contribution is 6.05. The highest BCUT2D eigenvalue weighted by Crippen LogP contribution is 2.39. The van der Waals surface area contributed by atoms with Crippen molar-refractivity contribution >= 4 is 32.3 Å². The summed E-state index contributed by atoms with van der Waals surface area (Å²) in [4.78, 5) is 15.7. The van der Waals surface area contributed by atoms with E-state index in [2.05, 4.69) is 249 Å². The van der Waals surface area contributed by atoms with Gasteiger partial charge in [0.1, 0.15) is 0 Å². The van der Waals surface area contributed by atoms with Crippen LogP contribution in [0.25, 0.3) is 122 Å². The zero-order chi connectivity index (χ0) is 43.8. The zero-order valence-electron chi connectivity index (χ0n) is 36.0. The Labute approximate surface area is 384 Å². The van der Waals surface area contributed by atoms with Crippen molar-refractivity contribution in [3.05, 3.63) is 249 Å². The smallest absolute Gasteiger partial charge is 0.164 e. The van der Waals surface area contributed by atoms with E-state index in [0.29, 0.717) is 17.5 Å². The molecule has 0 radical (unpaired) electrons. The van der Waals surface area contributed by atoms with Crippen molar-refractivity contribution in [3.8, 4) is 89.8 Å². The highest BCUT2D eigenvalue weighted by atomic mass is 15.0. The molecule has 0 atom stereocenters. The van der Waals surface area contributed by atoms with E-state index in [1.807, 2.05) is 0 Å². The highest BCUT2D eigenvalue weighted by Gasteiger charge is 2.17. The van der Waals surface area contributed by atoms with Crippen LogP contribution in [0.3, 0.4) is 0 Å². The summed E-state index contributed by atoms with van der Waals surface area (Å²) in [5, 5.41) is 7.28. The largest absolute Gasteiger partial charge is 0.208 e. The minimum absolute atomic E-state index is 0.613. The Bertz CT molecular complexity index is 3750. The fourth-order valence-corrected chi connectivity index (χ4v) is 9.55. The Kier molecular flexibility index (Phi) is 9.85. The van der Waals surface area contributed by atoms with E-state index in [-0.39, 0.29) is 0 Å². The van der Waals surface area contributed by atoms with Crippen molar-refractivity contribution in [2.24, 2.45) is 0 Å². The molecule has 0 fully saturated rings. The Morgan fingerprint density at radius 2 is 0.515 bits per heavy atom. The van der Waals surface area contributed by atoms with Gasteiger partial charge in [0, 0.05) is 16.7 Å². The molecule has 66 heavy (non-hydrogen) atoms. The van der Waals surface area contributed by atoms with Crippen LogP contribution in [0.5, 0.6) is 0 Å². The van der Waals surface area contributed by atoms with E-state index >= 15 is 0 Å². The van der Waals surface area contributed by atoms with Crippen molar-refractivity contribution in [2.45, 2.75) is 0 Å². The summed E-state index contributed by atoms with van der Waals surface area (Å²) in [6, 6.07) is 88.4. The molecule has 308 valence electrons. The minimum Gasteiger partial charge on any atom is -0.208 e. The predicted molar refractivity (Wildman–Crippen MR) is 276 cm³/mol. The van der Waals surface area contributed by atoms with Gasteiger partial charge < -0.3 is 0 Å². The summed E-state index contributed by atoms with van der Waals surface area (Å²) < 4.78 is 0. The molecule has 1 aromatic heterocycles. The number of fused-ring (bicyclic) bond motifs is 3. The molecular weight excluding hydrogens is 799 g/mol. The van der Waals surface area contributed by atoms with E-state index < -0.39 is 0 Å². The standard InChI is InChI=1S/C63H41N3/c1-2-16-42(17-3-1)54-31-14-35-60-56(32-15-34-59(54)60)48-23-11-25-50(41-48)63-65-61(64-62(66-63)49-24-10-22-47(40-49)55-30-12-20-43-18-4-6-26-51(43)55)46-38-36-45(37-39-46)53-28-8-9-29-57(53)58-33-13-21-44-19-5-7-27-52(44)58/h1-41H. The van der Waals surface area contributed by atoms with Gasteiger partial charge in [-0.25, -0.2) is 15.0 Å². The van der Waals surface area contributed by atoms with Crippen LogP contribution in [-0.4, -0.2) is 15.0 Å². The second-order valence-electron chi connectivity index (χ2n) is 16.7. The Hall–Kier alpha value is -8.79. The molecule has 12 rings (SSSR count). The van der Waals surface area contributed by atoms with Crippen molar-refractivity contribution in [2.75, 3.05) is 0 Å². The van der Waals surface area contributed by atoms with Crippen LogP contribution in [0.1, 0.15) is 0 Å². The lowest BCUT2D eigenvalue weighted by Gasteiger charge is -2.14. The van der Waals surface area contributed by atoms with E-state index in [0.717, 1.165) is 38.9 Å². The molecule has 0 N–H and O–H groups in total. The van der Waals surface area contributed by atoms with Crippen molar-refractivity contribution < 1.29 is 0 Å². The topological polar surface area (TPSA) is 38.7 Å². The SMILES string of the molecule is c1ccc(-c2cccc3c(-c4cccc(-c5nc(-c6ccc(-c7ccccc7-c7cccc8ccccc78)cc6)nc(-c6cccc(-c7cccc8ccccc78)c6)n5)c4)cccc23)cc1. The lowest BCUT2D eigenvalue weighted by atomic mass is 9.91. The van der Waals surface area contributed by atoms with E-state index in [1.165, 1.54) is 65.7 Å². The Morgan fingerprint density at radius 1 is 0.182 bits per heavy atom. The van der Waals surface area contributed by atoms with Crippen LogP contribution >= 0.6 is 0 Å². The second kappa shape index (κ2) is 16.7. The van der Waals surface area contributed by atoms with Gasteiger partial charge in [-0.15, -0.1) is 0 Å². The van der Waals surface area contributed by atoms with Gasteiger partial charge in [-0.1, -0.05) is 237 Å². The second-order valence-corrected chi connectivity index (χ2v) is 16.7. The third-order valence-corrected chi connectivity index (χ3v) is 12.8. The van der Waals surface area contributed by atoms with Crippen LogP contribution in [0.2, 0.25) is 0 Å². The summed E-state index contributed by atoms with van der Waals surface area (Å²) in [5.41, 5.74) is 14.4. The molecule has 0 aliphatic carbocycles. The van der Waals surface area contributed by atoms with Gasteiger partial charge in [-0.05, 0) is 100 Å². The summed E-state index contributed by atoms with van der Waals surface area (Å²) in [6.07, 6.45) is 0. The molecule has 0 spiro atoms. The predicted octanol–water partition coefficient (Wildman–Crippen LogP) is 16.7. The Balaban J connectivity index is 0.980. The number of aromatic nitrogens is 3. The molecule has 11 aromatic carbocycles. The molecule has 0 bridgehead atoms. The maximum atomic E-state index is 5.26. The van der Waals surface area contributed by atoms with Gasteiger partial charge in [0.25, 0.3) is 0 Å². The third-order valence-electron chi connectivity index (χ3n) is 12.8. The summed E-state index contributed by atoms with van der Waals surface area (Å²) in [7, 11) is 0. The molecule has 0 aliphatic heterocycles. The summed E-state index contributed by atoms with van der Waals surface area (Å²) in [5.74, 6) is 1.84. The molecule has 0 saturated carbocycles. The first-order valence-corrected chi connectivity index (χ1v) is 22.4. The third kappa shape index (κ3) is 7.19. The van der Waals surface area contributed by atoms with E-state index in [1.54, 1.807) is 0 Å². The maximum absolute atomic E-state index is 5.26. The molecule has 0 aliphatic rings. The normalized spacial score (nSPS) is 11.3. The fourth-order valence-electron chi connectivity index (χ4n) is 9.55. The van der Waals surface area contributed by atoms with Gasteiger partial charge in [-0.2, -0.15) is 0 Å². The Morgan fingerprint density at radius 3 is 1.12 bits per heavy atom. The average molecular weight is 840 g/mol. The van der Waals surface area contributed by atoms with Gasteiger partial charge in [-0.3, -0.25) is 0 Å². The number of rotatable bonds is 8. The molecule has 3 nitrogen and oxygen atoms in total. The molecule has 0 saturated heterocycles. The molecule has 12 aromatic rings. The monoisotopic (exact) mass is 839 g/mol. The quantitative estimate of drug-likeness (QED) is 0.153. The van der Waals surface area contributed by atoms with Crippen molar-refractivity contribution in [1.29, 1.82) is 0 Å². The van der Waals surface area contributed by atoms with Gasteiger partial charge in [0.05, 0.1) is 0 Å². The summed E-state index contributed by atoms with van der Waals surface area (Å²) in [6.45, 7) is 0. The van der Waals surface area contributed by atoms with E-state index in [4.69, 9.17) is 15.0 Å². The van der Waals surface area contributed by atoms with Gasteiger partial charge >= 0.3 is 0 Å². The molecular formula is C63H41N3. The first-order chi connectivity index (χ1) is 32.7. The van der Waals surface area contributed by atoms with Gasteiger partial charge in [0.15, 0.2) is 17.5 Å². The van der Waals surface area contributed by atoms with Crippen LogP contribution < -0.4 is 0 Å². The molecule has 3 heteroatoms. The van der Waals surface area contributed by atoms with Crippen LogP contribution in [0, 0.1) is 0 Å². The van der Waals surface area contributed by atoms with Crippen molar-refractivity contribution in [1.82, 2.24) is 15.0 Å². The first kappa shape index (κ1) is 38.9. The number of hydrogen-bond acceptors (Lipinski definition) is 3. The van der Waals surface area contributed by atoms with E-state index in [9.17, 15) is 0 Å². The average Bonchev–Trinajstić information content (AvgIpc) is 3.40. The van der Waals surface area contributed by atoms with Crippen LogP contribution in [-0.2, 0) is 0 Å². The lowest BCUT2D eigenvalue weighted by molar-refractivity contribution is 1.07. The zero-order valence-corrected chi connectivity index (χ0v) is 36.0. The molecule has 0 amide bonds. The minimum atomic E-state index is 0.613. The fraction of sp³-hybridized carbons (Fsp3) is 0. The lowest BCUT2D eigenvalue weighted by Crippen LogP contribution is -2.00. The molecule has 0 unspecified atom stereocenters. The number of hydrogen-bond donors (Lipinski definition) is 0. The number of benzene rings is 11. The summed E-state index contributed by atoms with van der Waals surface area (Å²) >= 11 is 0.